The molecule has 3 aromatic rings. The number of benzene rings is 2. The molecule has 1 aromatic heterocycles. The van der Waals surface area contributed by atoms with Crippen molar-refractivity contribution in [2.45, 2.75) is 11.4 Å². The molecule has 1 spiro atoms. The minimum Gasteiger partial charge on any atom is -0.310 e. The van der Waals surface area contributed by atoms with Gasteiger partial charge in [-0.15, -0.1) is 23.1 Å². The second kappa shape index (κ2) is 7.21. The van der Waals surface area contributed by atoms with E-state index in [2.05, 4.69) is 0 Å². The summed E-state index contributed by atoms with van der Waals surface area (Å²) in [6.45, 7) is 0.552. The molecule has 152 valence electrons. The van der Waals surface area contributed by atoms with Gasteiger partial charge in [0.15, 0.2) is 16.5 Å². The lowest BCUT2D eigenvalue weighted by molar-refractivity contribution is -0.123. The molecule has 2 aliphatic rings. The summed E-state index contributed by atoms with van der Waals surface area (Å²) < 4.78 is 27.1. The molecular formula is C22H16F2N2O2S2. The Balaban J connectivity index is 1.57. The van der Waals surface area contributed by atoms with E-state index < -0.39 is 16.5 Å². The van der Waals surface area contributed by atoms with Gasteiger partial charge in [-0.05, 0) is 35.2 Å². The van der Waals surface area contributed by atoms with Gasteiger partial charge in [-0.3, -0.25) is 9.59 Å². The molecule has 2 aromatic carbocycles. The fourth-order valence-corrected chi connectivity index (χ4v) is 6.21. The molecule has 1 fully saturated rings. The number of carbonyl (C=O) groups is 2. The SMILES string of the molecule is O=C(c1cccs1)N1CCSC12C(=O)N(Cc1ccc(F)c(F)c1)c1ccccc12. The van der Waals surface area contributed by atoms with Crippen molar-refractivity contribution in [2.75, 3.05) is 17.2 Å². The number of carbonyl (C=O) groups excluding carboxylic acids is 2. The molecule has 8 heteroatoms. The van der Waals surface area contributed by atoms with Crippen LogP contribution in [-0.2, 0) is 16.2 Å². The minimum atomic E-state index is -1.14. The number of nitrogens with zero attached hydrogens (tertiary/aromatic N) is 2. The van der Waals surface area contributed by atoms with Crippen molar-refractivity contribution >= 4 is 40.6 Å². The minimum absolute atomic E-state index is 0.0936. The molecule has 5 rings (SSSR count). The van der Waals surface area contributed by atoms with Crippen molar-refractivity contribution in [1.82, 2.24) is 4.90 Å². The van der Waals surface area contributed by atoms with Crippen LogP contribution in [0.4, 0.5) is 14.5 Å². The van der Waals surface area contributed by atoms with Gasteiger partial charge < -0.3 is 9.80 Å². The number of halogens is 2. The monoisotopic (exact) mass is 442 g/mol. The molecule has 2 amide bonds. The highest BCUT2D eigenvalue weighted by Crippen LogP contribution is 2.54. The summed E-state index contributed by atoms with van der Waals surface area (Å²) in [4.78, 5) is 29.7. The number of hydrogen-bond donors (Lipinski definition) is 0. The van der Waals surface area contributed by atoms with Gasteiger partial charge in [0, 0.05) is 17.9 Å². The lowest BCUT2D eigenvalue weighted by Crippen LogP contribution is -2.50. The van der Waals surface area contributed by atoms with Gasteiger partial charge in [-0.2, -0.15) is 0 Å². The molecule has 1 atom stereocenters. The molecular weight excluding hydrogens is 426 g/mol. The highest BCUT2D eigenvalue weighted by Gasteiger charge is 2.59. The van der Waals surface area contributed by atoms with E-state index in [1.165, 1.54) is 29.2 Å². The summed E-state index contributed by atoms with van der Waals surface area (Å²) in [7, 11) is 0. The number of anilines is 1. The van der Waals surface area contributed by atoms with Gasteiger partial charge in [-0.1, -0.05) is 30.3 Å². The van der Waals surface area contributed by atoms with Gasteiger partial charge in [0.25, 0.3) is 11.8 Å². The molecule has 0 aliphatic carbocycles. The van der Waals surface area contributed by atoms with Crippen molar-refractivity contribution < 1.29 is 18.4 Å². The number of amides is 2. The maximum atomic E-state index is 13.8. The number of para-hydroxylation sites is 1. The van der Waals surface area contributed by atoms with Crippen LogP contribution in [-0.4, -0.2) is 29.0 Å². The fraction of sp³-hybridized carbons (Fsp3) is 0.182. The Morgan fingerprint density at radius 3 is 2.67 bits per heavy atom. The fourth-order valence-electron chi connectivity index (χ4n) is 4.08. The third-order valence-electron chi connectivity index (χ3n) is 5.40. The second-order valence-corrected chi connectivity index (χ2v) is 9.32. The second-order valence-electron chi connectivity index (χ2n) is 7.08. The largest absolute Gasteiger partial charge is 0.310 e. The highest BCUT2D eigenvalue weighted by molar-refractivity contribution is 8.01. The maximum absolute atomic E-state index is 13.8. The number of thioether (sulfide) groups is 1. The first-order chi connectivity index (χ1) is 14.5. The molecule has 30 heavy (non-hydrogen) atoms. The average molecular weight is 443 g/mol. The normalized spacial score (nSPS) is 20.3. The Kier molecular flexibility index (Phi) is 4.63. The maximum Gasteiger partial charge on any atom is 0.268 e. The van der Waals surface area contributed by atoms with Crippen molar-refractivity contribution in [3.05, 3.63) is 87.6 Å². The van der Waals surface area contributed by atoms with E-state index in [9.17, 15) is 18.4 Å². The number of rotatable bonds is 3. The lowest BCUT2D eigenvalue weighted by Gasteiger charge is -2.33. The van der Waals surface area contributed by atoms with Gasteiger partial charge in [0.2, 0.25) is 0 Å². The standard InChI is InChI=1S/C22H16F2N2O2S2/c23-16-8-7-14(12-17(16)24)13-25-18-5-2-1-4-15(18)22(21(25)28)26(9-11-30-22)20(27)19-6-3-10-29-19/h1-8,10,12H,9,11,13H2. The summed E-state index contributed by atoms with van der Waals surface area (Å²) in [5.74, 6) is -1.65. The number of fused-ring (bicyclic) bond motifs is 2. The van der Waals surface area contributed by atoms with E-state index in [1.54, 1.807) is 15.9 Å². The van der Waals surface area contributed by atoms with E-state index in [1.807, 2.05) is 35.7 Å². The average Bonchev–Trinajstić information content (AvgIpc) is 3.48. The summed E-state index contributed by atoms with van der Waals surface area (Å²) in [6.07, 6.45) is 0. The van der Waals surface area contributed by atoms with Gasteiger partial charge in [0.1, 0.15) is 0 Å². The molecule has 0 saturated carbocycles. The van der Waals surface area contributed by atoms with E-state index in [0.717, 1.165) is 17.7 Å². The first kappa shape index (κ1) is 19.3. The Morgan fingerprint density at radius 2 is 1.90 bits per heavy atom. The van der Waals surface area contributed by atoms with Crippen LogP contribution in [0.5, 0.6) is 0 Å². The van der Waals surface area contributed by atoms with Gasteiger partial charge in [0.05, 0.1) is 17.1 Å². The molecule has 0 N–H and O–H groups in total. The van der Waals surface area contributed by atoms with Crippen LogP contribution in [0.2, 0.25) is 0 Å². The highest BCUT2D eigenvalue weighted by atomic mass is 32.2. The smallest absolute Gasteiger partial charge is 0.268 e. The van der Waals surface area contributed by atoms with Crippen LogP contribution >= 0.6 is 23.1 Å². The van der Waals surface area contributed by atoms with Crippen molar-refractivity contribution in [3.63, 3.8) is 0 Å². The third-order valence-corrected chi connectivity index (χ3v) is 7.68. The Hall–Kier alpha value is -2.71. The van der Waals surface area contributed by atoms with Crippen molar-refractivity contribution in [3.8, 4) is 0 Å². The predicted octanol–water partition coefficient (Wildman–Crippen LogP) is 4.62. The Bertz CT molecular complexity index is 1150. The predicted molar refractivity (Wildman–Crippen MR) is 113 cm³/mol. The summed E-state index contributed by atoms with van der Waals surface area (Å²) in [6, 6.07) is 14.6. The van der Waals surface area contributed by atoms with Crippen LogP contribution in [0.1, 0.15) is 20.8 Å². The third kappa shape index (κ3) is 2.78. The van der Waals surface area contributed by atoms with Crippen LogP contribution in [0.25, 0.3) is 0 Å². The van der Waals surface area contributed by atoms with Crippen LogP contribution < -0.4 is 4.90 Å². The lowest BCUT2D eigenvalue weighted by atomic mass is 10.1. The molecule has 0 radical (unpaired) electrons. The van der Waals surface area contributed by atoms with Gasteiger partial charge >= 0.3 is 0 Å². The quantitative estimate of drug-likeness (QED) is 0.595. The van der Waals surface area contributed by atoms with Crippen molar-refractivity contribution in [2.24, 2.45) is 0 Å². The first-order valence-electron chi connectivity index (χ1n) is 9.37. The van der Waals surface area contributed by atoms with E-state index in [0.29, 0.717) is 28.4 Å². The number of hydrogen-bond acceptors (Lipinski definition) is 4. The summed E-state index contributed by atoms with van der Waals surface area (Å²) in [5.41, 5.74) is 1.92. The van der Waals surface area contributed by atoms with E-state index in [-0.39, 0.29) is 18.4 Å². The van der Waals surface area contributed by atoms with Gasteiger partial charge in [-0.25, -0.2) is 8.78 Å². The first-order valence-corrected chi connectivity index (χ1v) is 11.2. The number of thiophene rings is 1. The molecule has 2 aliphatic heterocycles. The van der Waals surface area contributed by atoms with Crippen LogP contribution in [0.3, 0.4) is 0 Å². The van der Waals surface area contributed by atoms with Crippen LogP contribution in [0, 0.1) is 11.6 Å². The van der Waals surface area contributed by atoms with E-state index >= 15 is 0 Å². The zero-order valence-corrected chi connectivity index (χ0v) is 17.3. The topological polar surface area (TPSA) is 40.6 Å². The zero-order chi connectivity index (χ0) is 20.9. The summed E-state index contributed by atoms with van der Waals surface area (Å²) >= 11 is 2.79. The van der Waals surface area contributed by atoms with Crippen molar-refractivity contribution in [1.29, 1.82) is 0 Å². The molecule has 4 nitrogen and oxygen atoms in total. The molecule has 3 heterocycles. The Labute approximate surface area is 180 Å². The molecule has 1 saturated heterocycles. The molecule has 1 unspecified atom stereocenters. The molecule has 0 bridgehead atoms. The van der Waals surface area contributed by atoms with Crippen LogP contribution in [0.15, 0.2) is 60.0 Å². The van der Waals surface area contributed by atoms with E-state index in [4.69, 9.17) is 0 Å². The zero-order valence-electron chi connectivity index (χ0n) is 15.7. The Morgan fingerprint density at radius 1 is 1.07 bits per heavy atom. The summed E-state index contributed by atoms with van der Waals surface area (Å²) in [5, 5.41) is 1.84.